The van der Waals surface area contributed by atoms with Crippen LogP contribution >= 0.6 is 11.6 Å². The molecule has 0 aliphatic carbocycles. The van der Waals surface area contributed by atoms with Crippen molar-refractivity contribution in [3.8, 4) is 0 Å². The SMILES string of the molecule is COC(=O)c1cc(C(=O)c2ccc(Cl)cc2)n2ccc(C)nc12. The zero-order valence-corrected chi connectivity index (χ0v) is 13.3. The maximum atomic E-state index is 12.7. The Kier molecular flexibility index (Phi) is 3.88. The summed E-state index contributed by atoms with van der Waals surface area (Å²) in [5.74, 6) is -0.756. The summed E-state index contributed by atoms with van der Waals surface area (Å²) in [5.41, 5.74) is 2.22. The van der Waals surface area contributed by atoms with E-state index in [2.05, 4.69) is 4.98 Å². The second-order valence-electron chi connectivity index (χ2n) is 5.03. The van der Waals surface area contributed by atoms with E-state index in [1.807, 2.05) is 6.92 Å². The number of ether oxygens (including phenoxy) is 1. The molecule has 0 aliphatic heterocycles. The van der Waals surface area contributed by atoms with Gasteiger partial charge in [0.15, 0.2) is 5.65 Å². The molecule has 3 aromatic rings. The number of carbonyl (C=O) groups is 2. The van der Waals surface area contributed by atoms with Gasteiger partial charge < -0.3 is 4.74 Å². The number of rotatable bonds is 3. The van der Waals surface area contributed by atoms with E-state index < -0.39 is 5.97 Å². The Bertz CT molecular complexity index is 913. The second-order valence-corrected chi connectivity index (χ2v) is 5.47. The molecule has 0 unspecified atom stereocenters. The lowest BCUT2D eigenvalue weighted by Gasteiger charge is -2.03. The number of methoxy groups -OCH3 is 1. The molecule has 0 saturated heterocycles. The molecule has 0 bridgehead atoms. The van der Waals surface area contributed by atoms with Crippen molar-refractivity contribution >= 4 is 29.0 Å². The van der Waals surface area contributed by atoms with Crippen LogP contribution in [0.1, 0.15) is 32.1 Å². The van der Waals surface area contributed by atoms with Crippen LogP contribution in [-0.4, -0.2) is 28.2 Å². The van der Waals surface area contributed by atoms with Gasteiger partial charge in [0.1, 0.15) is 5.56 Å². The lowest BCUT2D eigenvalue weighted by atomic mass is 10.1. The van der Waals surface area contributed by atoms with Crippen LogP contribution in [0.4, 0.5) is 0 Å². The van der Waals surface area contributed by atoms with Crippen molar-refractivity contribution in [2.75, 3.05) is 7.11 Å². The highest BCUT2D eigenvalue weighted by Gasteiger charge is 2.22. The Morgan fingerprint density at radius 1 is 1.17 bits per heavy atom. The van der Waals surface area contributed by atoms with Crippen LogP contribution in [0.2, 0.25) is 5.02 Å². The normalized spacial score (nSPS) is 10.7. The van der Waals surface area contributed by atoms with E-state index in [1.165, 1.54) is 13.2 Å². The molecule has 0 radical (unpaired) electrons. The largest absolute Gasteiger partial charge is 0.465 e. The molecule has 0 saturated carbocycles. The van der Waals surface area contributed by atoms with Gasteiger partial charge in [-0.15, -0.1) is 0 Å². The van der Waals surface area contributed by atoms with E-state index in [0.717, 1.165) is 5.69 Å². The van der Waals surface area contributed by atoms with Gasteiger partial charge >= 0.3 is 5.97 Å². The predicted molar refractivity (Wildman–Crippen MR) is 86.2 cm³/mol. The van der Waals surface area contributed by atoms with E-state index in [-0.39, 0.29) is 11.3 Å². The Hall–Kier alpha value is -2.66. The molecular weight excluding hydrogens is 316 g/mol. The van der Waals surface area contributed by atoms with Crippen molar-refractivity contribution in [1.82, 2.24) is 9.38 Å². The number of carbonyl (C=O) groups excluding carboxylic acids is 2. The Balaban J connectivity index is 2.19. The lowest BCUT2D eigenvalue weighted by molar-refractivity contribution is 0.0603. The van der Waals surface area contributed by atoms with Gasteiger partial charge in [-0.3, -0.25) is 9.20 Å². The molecule has 23 heavy (non-hydrogen) atoms. The molecule has 0 atom stereocenters. The number of ketones is 1. The molecule has 2 heterocycles. The molecule has 2 aromatic heterocycles. The average Bonchev–Trinajstić information content (AvgIpc) is 2.92. The lowest BCUT2D eigenvalue weighted by Crippen LogP contribution is -2.05. The zero-order chi connectivity index (χ0) is 16.6. The number of fused-ring (bicyclic) bond motifs is 1. The molecule has 116 valence electrons. The van der Waals surface area contributed by atoms with Gasteiger partial charge in [-0.1, -0.05) is 11.6 Å². The number of nitrogens with zero attached hydrogens (tertiary/aromatic N) is 2. The standard InChI is InChI=1S/C17H13ClN2O3/c1-10-7-8-20-14(9-13(16(20)19-10)17(22)23-2)15(21)11-3-5-12(18)6-4-11/h3-9H,1-2H3. The van der Waals surface area contributed by atoms with E-state index in [1.54, 1.807) is 40.9 Å². The van der Waals surface area contributed by atoms with Gasteiger partial charge in [0, 0.05) is 22.5 Å². The van der Waals surface area contributed by atoms with Crippen LogP contribution in [0.25, 0.3) is 5.65 Å². The van der Waals surface area contributed by atoms with Crippen LogP contribution in [0.3, 0.4) is 0 Å². The molecule has 5 nitrogen and oxygen atoms in total. The molecule has 0 fully saturated rings. The third-order valence-electron chi connectivity index (χ3n) is 3.50. The van der Waals surface area contributed by atoms with Crippen LogP contribution in [-0.2, 0) is 4.74 Å². The summed E-state index contributed by atoms with van der Waals surface area (Å²) in [6.07, 6.45) is 1.72. The number of aryl methyl sites for hydroxylation is 1. The van der Waals surface area contributed by atoms with Gasteiger partial charge in [-0.25, -0.2) is 9.78 Å². The summed E-state index contributed by atoms with van der Waals surface area (Å²) in [5, 5.41) is 0.550. The van der Waals surface area contributed by atoms with Crippen molar-refractivity contribution in [3.05, 3.63) is 70.1 Å². The third kappa shape index (κ3) is 2.71. The van der Waals surface area contributed by atoms with Gasteiger partial charge in [0.05, 0.1) is 12.8 Å². The average molecular weight is 329 g/mol. The Labute approximate surface area is 137 Å². The van der Waals surface area contributed by atoms with Gasteiger partial charge in [-0.05, 0) is 43.3 Å². The van der Waals surface area contributed by atoms with Crippen LogP contribution in [0, 0.1) is 6.92 Å². The number of hydrogen-bond acceptors (Lipinski definition) is 4. The minimum absolute atomic E-state index is 0.225. The summed E-state index contributed by atoms with van der Waals surface area (Å²) < 4.78 is 6.37. The van der Waals surface area contributed by atoms with Crippen molar-refractivity contribution in [2.24, 2.45) is 0 Å². The molecular formula is C17H13ClN2O3. The van der Waals surface area contributed by atoms with Crippen molar-refractivity contribution in [2.45, 2.75) is 6.92 Å². The topological polar surface area (TPSA) is 60.7 Å². The van der Waals surface area contributed by atoms with E-state index >= 15 is 0 Å². The van der Waals surface area contributed by atoms with E-state index in [4.69, 9.17) is 16.3 Å². The number of hydrogen-bond donors (Lipinski definition) is 0. The summed E-state index contributed by atoms with van der Waals surface area (Å²) in [7, 11) is 1.29. The molecule has 0 amide bonds. The first-order chi connectivity index (χ1) is 11.0. The monoisotopic (exact) mass is 328 g/mol. The first-order valence-electron chi connectivity index (χ1n) is 6.88. The van der Waals surface area contributed by atoms with Crippen molar-refractivity contribution in [3.63, 3.8) is 0 Å². The highest BCUT2D eigenvalue weighted by molar-refractivity contribution is 6.30. The van der Waals surface area contributed by atoms with Crippen LogP contribution in [0.5, 0.6) is 0 Å². The molecule has 6 heteroatoms. The van der Waals surface area contributed by atoms with Crippen LogP contribution < -0.4 is 0 Å². The van der Waals surface area contributed by atoms with Crippen LogP contribution in [0.15, 0.2) is 42.6 Å². The van der Waals surface area contributed by atoms with Crippen molar-refractivity contribution < 1.29 is 14.3 Å². The second kappa shape index (κ2) is 5.85. The third-order valence-corrected chi connectivity index (χ3v) is 3.75. The number of aromatic nitrogens is 2. The Morgan fingerprint density at radius 2 is 1.87 bits per heavy atom. The zero-order valence-electron chi connectivity index (χ0n) is 12.5. The smallest absolute Gasteiger partial charge is 0.341 e. The quantitative estimate of drug-likeness (QED) is 0.546. The summed E-state index contributed by atoms with van der Waals surface area (Å²) >= 11 is 5.85. The highest BCUT2D eigenvalue weighted by Crippen LogP contribution is 2.20. The fraction of sp³-hybridized carbons (Fsp3) is 0.118. The van der Waals surface area contributed by atoms with Gasteiger partial charge in [-0.2, -0.15) is 0 Å². The van der Waals surface area contributed by atoms with Gasteiger partial charge in [0.25, 0.3) is 0 Å². The number of halogens is 1. The first-order valence-corrected chi connectivity index (χ1v) is 7.26. The number of benzene rings is 1. The molecule has 1 aromatic carbocycles. The van der Waals surface area contributed by atoms with E-state index in [0.29, 0.717) is 21.9 Å². The summed E-state index contributed by atoms with van der Waals surface area (Å²) in [6, 6.07) is 9.85. The maximum absolute atomic E-state index is 12.7. The first kappa shape index (κ1) is 15.2. The molecule has 3 rings (SSSR count). The van der Waals surface area contributed by atoms with E-state index in [9.17, 15) is 9.59 Å². The highest BCUT2D eigenvalue weighted by atomic mass is 35.5. The maximum Gasteiger partial charge on any atom is 0.341 e. The van der Waals surface area contributed by atoms with Crippen molar-refractivity contribution in [1.29, 1.82) is 0 Å². The molecule has 0 aliphatic rings. The minimum Gasteiger partial charge on any atom is -0.465 e. The minimum atomic E-state index is -0.532. The summed E-state index contributed by atoms with van der Waals surface area (Å²) in [6.45, 7) is 1.81. The molecule has 0 spiro atoms. The summed E-state index contributed by atoms with van der Waals surface area (Å²) in [4.78, 5) is 29.0. The number of esters is 1. The fourth-order valence-corrected chi connectivity index (χ4v) is 2.48. The fourth-order valence-electron chi connectivity index (χ4n) is 2.35. The predicted octanol–water partition coefficient (Wildman–Crippen LogP) is 3.31. The molecule has 0 N–H and O–H groups in total. The van der Waals surface area contributed by atoms with Gasteiger partial charge in [0.2, 0.25) is 5.78 Å². The Morgan fingerprint density at radius 3 is 2.52 bits per heavy atom.